The molecular formula is C25H36N2O2. The molecule has 29 heavy (non-hydrogen) atoms. The van der Waals surface area contributed by atoms with Crippen molar-refractivity contribution in [2.45, 2.75) is 67.1 Å². The van der Waals surface area contributed by atoms with E-state index in [-0.39, 0.29) is 5.91 Å². The lowest BCUT2D eigenvalue weighted by molar-refractivity contribution is -0.119. The summed E-state index contributed by atoms with van der Waals surface area (Å²) in [7, 11) is 0. The van der Waals surface area contributed by atoms with Crippen LogP contribution in [0.25, 0.3) is 0 Å². The van der Waals surface area contributed by atoms with Gasteiger partial charge in [0.25, 0.3) is 0 Å². The predicted molar refractivity (Wildman–Crippen MR) is 120 cm³/mol. The predicted octanol–water partition coefficient (Wildman–Crippen LogP) is 5.18. The first-order chi connectivity index (χ1) is 14.0. The molecule has 1 aliphatic rings. The number of carbonyl (C=O) groups excluding carboxylic acids is 1. The molecule has 1 aliphatic heterocycles. The molecule has 2 aromatic carbocycles. The van der Waals surface area contributed by atoms with Crippen molar-refractivity contribution in [3.63, 3.8) is 0 Å². The smallest absolute Gasteiger partial charge is 0.217 e. The summed E-state index contributed by atoms with van der Waals surface area (Å²) < 4.78 is 5.77. The minimum Gasteiger partial charge on any atom is -0.494 e. The Morgan fingerprint density at radius 3 is 2.41 bits per heavy atom. The van der Waals surface area contributed by atoms with Gasteiger partial charge in [0.15, 0.2) is 0 Å². The highest BCUT2D eigenvalue weighted by Gasteiger charge is 2.26. The Kier molecular flexibility index (Phi) is 8.71. The molecule has 0 aliphatic carbocycles. The molecule has 0 aromatic heterocycles. The third-order valence-electron chi connectivity index (χ3n) is 5.48. The van der Waals surface area contributed by atoms with Crippen molar-refractivity contribution in [2.24, 2.45) is 0 Å². The van der Waals surface area contributed by atoms with Crippen LogP contribution in [0.5, 0.6) is 5.75 Å². The van der Waals surface area contributed by atoms with Gasteiger partial charge >= 0.3 is 0 Å². The lowest BCUT2D eigenvalue weighted by Gasteiger charge is -2.36. The van der Waals surface area contributed by atoms with Crippen molar-refractivity contribution >= 4 is 5.91 Å². The quantitative estimate of drug-likeness (QED) is 0.732. The van der Waals surface area contributed by atoms with E-state index >= 15 is 0 Å². The van der Waals surface area contributed by atoms with Gasteiger partial charge < -0.3 is 10.1 Å². The zero-order valence-electron chi connectivity index (χ0n) is 18.8. The summed E-state index contributed by atoms with van der Waals surface area (Å²) >= 11 is 0. The van der Waals surface area contributed by atoms with Crippen molar-refractivity contribution in [3.8, 4) is 5.75 Å². The number of benzene rings is 2. The Balaban J connectivity index is 0.00000145. The number of amides is 1. The van der Waals surface area contributed by atoms with Gasteiger partial charge in [-0.2, -0.15) is 0 Å². The van der Waals surface area contributed by atoms with Crippen LogP contribution >= 0.6 is 0 Å². The number of hydrogen-bond acceptors (Lipinski definition) is 3. The SMILES string of the molecule is CC.CCOc1ccc2c(c1C)CCN(Cc1ccc(CNC(C)=O)cc1)C2C. The summed E-state index contributed by atoms with van der Waals surface area (Å²) in [6, 6.07) is 13.3. The van der Waals surface area contributed by atoms with E-state index in [9.17, 15) is 4.79 Å². The minimum absolute atomic E-state index is 0.00247. The third-order valence-corrected chi connectivity index (χ3v) is 5.48. The first-order valence-electron chi connectivity index (χ1n) is 10.8. The van der Waals surface area contributed by atoms with Crippen molar-refractivity contribution < 1.29 is 9.53 Å². The number of nitrogens with zero attached hydrogens (tertiary/aromatic N) is 1. The van der Waals surface area contributed by atoms with E-state index in [4.69, 9.17) is 4.74 Å². The number of ether oxygens (including phenoxy) is 1. The molecule has 1 N–H and O–H groups in total. The summed E-state index contributed by atoms with van der Waals surface area (Å²) in [6.45, 7) is 15.3. The highest BCUT2D eigenvalue weighted by atomic mass is 16.5. The molecule has 4 nitrogen and oxygen atoms in total. The Morgan fingerprint density at radius 2 is 1.79 bits per heavy atom. The van der Waals surface area contributed by atoms with E-state index in [1.807, 2.05) is 20.8 Å². The van der Waals surface area contributed by atoms with Gasteiger partial charge in [0, 0.05) is 32.6 Å². The monoisotopic (exact) mass is 396 g/mol. The van der Waals surface area contributed by atoms with E-state index in [1.54, 1.807) is 6.92 Å². The molecule has 1 unspecified atom stereocenters. The first-order valence-corrected chi connectivity index (χ1v) is 10.8. The summed E-state index contributed by atoms with van der Waals surface area (Å²) in [5.41, 5.74) is 6.60. The molecule has 0 spiro atoms. The Bertz CT molecular complexity index is 799. The lowest BCUT2D eigenvalue weighted by atomic mass is 9.89. The molecule has 0 saturated carbocycles. The molecule has 1 amide bonds. The second-order valence-corrected chi connectivity index (χ2v) is 7.31. The molecule has 0 saturated heterocycles. The molecule has 1 heterocycles. The average molecular weight is 397 g/mol. The highest BCUT2D eigenvalue weighted by Crippen LogP contribution is 2.35. The lowest BCUT2D eigenvalue weighted by Crippen LogP contribution is -2.34. The van der Waals surface area contributed by atoms with Crippen LogP contribution in [-0.4, -0.2) is 24.0 Å². The first kappa shape index (κ1) is 23.0. The number of hydrogen-bond donors (Lipinski definition) is 1. The van der Waals surface area contributed by atoms with E-state index in [2.05, 4.69) is 60.5 Å². The molecule has 0 bridgehead atoms. The minimum atomic E-state index is 0.00247. The molecule has 0 radical (unpaired) electrons. The van der Waals surface area contributed by atoms with E-state index in [0.29, 0.717) is 19.2 Å². The maximum atomic E-state index is 11.0. The second kappa shape index (κ2) is 11.0. The van der Waals surface area contributed by atoms with Gasteiger partial charge in [-0.3, -0.25) is 9.69 Å². The molecule has 2 aromatic rings. The van der Waals surface area contributed by atoms with Crippen molar-refractivity contribution in [1.82, 2.24) is 10.2 Å². The number of rotatable bonds is 6. The third kappa shape index (κ3) is 5.83. The number of carbonyl (C=O) groups is 1. The summed E-state index contributed by atoms with van der Waals surface area (Å²) in [6.07, 6.45) is 1.06. The molecule has 3 rings (SSSR count). The fourth-order valence-corrected chi connectivity index (χ4v) is 3.88. The highest BCUT2D eigenvalue weighted by molar-refractivity contribution is 5.72. The summed E-state index contributed by atoms with van der Waals surface area (Å²) in [5, 5.41) is 2.84. The Labute approximate surface area is 176 Å². The van der Waals surface area contributed by atoms with Crippen LogP contribution in [0.2, 0.25) is 0 Å². The van der Waals surface area contributed by atoms with Crippen LogP contribution < -0.4 is 10.1 Å². The fraction of sp³-hybridized carbons (Fsp3) is 0.480. The number of fused-ring (bicyclic) bond motifs is 1. The topological polar surface area (TPSA) is 41.6 Å². The van der Waals surface area contributed by atoms with Gasteiger partial charge in [0.1, 0.15) is 5.75 Å². The number of nitrogens with one attached hydrogen (secondary N) is 1. The standard InChI is InChI=1S/C23H30N2O2.C2H6/c1-5-27-23-11-10-22-17(3)25(13-12-21(22)16(23)2)15-20-8-6-19(7-9-20)14-24-18(4)26;1-2/h6-11,17H,5,12-15H2,1-4H3,(H,24,26);1-2H3. The second-order valence-electron chi connectivity index (χ2n) is 7.31. The molecule has 1 atom stereocenters. The van der Waals surface area contributed by atoms with Gasteiger partial charge in [-0.15, -0.1) is 0 Å². The fourth-order valence-electron chi connectivity index (χ4n) is 3.88. The van der Waals surface area contributed by atoms with E-state index in [0.717, 1.165) is 30.8 Å². The van der Waals surface area contributed by atoms with E-state index in [1.165, 1.54) is 22.3 Å². The van der Waals surface area contributed by atoms with Crippen LogP contribution in [-0.2, 0) is 24.3 Å². The average Bonchev–Trinajstić information content (AvgIpc) is 2.73. The normalized spacial score (nSPS) is 15.7. The summed E-state index contributed by atoms with van der Waals surface area (Å²) in [5.74, 6) is 1.02. The largest absolute Gasteiger partial charge is 0.494 e. The summed E-state index contributed by atoms with van der Waals surface area (Å²) in [4.78, 5) is 13.6. The molecule has 158 valence electrons. The zero-order chi connectivity index (χ0) is 21.4. The van der Waals surface area contributed by atoms with Gasteiger partial charge in [-0.1, -0.05) is 44.2 Å². The maximum absolute atomic E-state index is 11.0. The van der Waals surface area contributed by atoms with Crippen molar-refractivity contribution in [1.29, 1.82) is 0 Å². The van der Waals surface area contributed by atoms with Crippen molar-refractivity contribution in [2.75, 3.05) is 13.2 Å². The Morgan fingerprint density at radius 1 is 1.14 bits per heavy atom. The van der Waals surface area contributed by atoms with Gasteiger partial charge in [-0.25, -0.2) is 0 Å². The van der Waals surface area contributed by atoms with Crippen LogP contribution in [0.15, 0.2) is 36.4 Å². The van der Waals surface area contributed by atoms with Crippen LogP contribution in [0.3, 0.4) is 0 Å². The van der Waals surface area contributed by atoms with Crippen LogP contribution in [0.4, 0.5) is 0 Å². The maximum Gasteiger partial charge on any atom is 0.217 e. The van der Waals surface area contributed by atoms with E-state index < -0.39 is 0 Å². The van der Waals surface area contributed by atoms with Gasteiger partial charge in [0.2, 0.25) is 5.91 Å². The Hall–Kier alpha value is -2.33. The molecule has 0 fully saturated rings. The van der Waals surface area contributed by atoms with Crippen LogP contribution in [0, 0.1) is 6.92 Å². The van der Waals surface area contributed by atoms with Crippen LogP contribution in [0.1, 0.15) is 68.5 Å². The van der Waals surface area contributed by atoms with Crippen molar-refractivity contribution in [3.05, 3.63) is 64.2 Å². The van der Waals surface area contributed by atoms with Gasteiger partial charge in [-0.05, 0) is 61.1 Å². The van der Waals surface area contributed by atoms with Gasteiger partial charge in [0.05, 0.1) is 6.61 Å². The zero-order valence-corrected chi connectivity index (χ0v) is 18.8. The molecule has 4 heteroatoms. The molecular weight excluding hydrogens is 360 g/mol.